The van der Waals surface area contributed by atoms with Crippen molar-refractivity contribution in [3.05, 3.63) is 39.0 Å². The number of fused-ring (bicyclic) bond motifs is 1. The summed E-state index contributed by atoms with van der Waals surface area (Å²) in [6.45, 7) is 7.99. The molecule has 0 atom stereocenters. The molecular weight excluding hydrogens is 406 g/mol. The number of hydrogen-bond donors (Lipinski definition) is 0. The molecule has 0 spiro atoms. The van der Waals surface area contributed by atoms with Gasteiger partial charge in [0.05, 0.1) is 23.1 Å². The van der Waals surface area contributed by atoms with Crippen LogP contribution in [0.25, 0.3) is 10.2 Å². The molecule has 1 amide bonds. The Labute approximate surface area is 178 Å². The van der Waals surface area contributed by atoms with Crippen molar-refractivity contribution >= 4 is 51.0 Å². The first-order valence-electron chi connectivity index (χ1n) is 9.50. The third-order valence-electron chi connectivity index (χ3n) is 4.31. The molecule has 3 rings (SSSR count). The summed E-state index contributed by atoms with van der Waals surface area (Å²) in [4.78, 5) is 27.6. The van der Waals surface area contributed by atoms with Gasteiger partial charge in [0.2, 0.25) is 0 Å². The molecule has 0 unspecified atom stereocenters. The van der Waals surface area contributed by atoms with Gasteiger partial charge >= 0.3 is 6.09 Å². The molecule has 0 bridgehead atoms. The molecular formula is C21H25N3O3S2. The lowest BCUT2D eigenvalue weighted by Gasteiger charge is -2.27. The van der Waals surface area contributed by atoms with Crippen LogP contribution in [-0.4, -0.2) is 28.2 Å². The van der Waals surface area contributed by atoms with Crippen molar-refractivity contribution in [2.45, 2.75) is 59.1 Å². The summed E-state index contributed by atoms with van der Waals surface area (Å²) in [5.74, 6) is 0. The van der Waals surface area contributed by atoms with Crippen molar-refractivity contribution in [3.63, 3.8) is 0 Å². The van der Waals surface area contributed by atoms with Gasteiger partial charge in [-0.05, 0) is 57.5 Å². The molecule has 0 fully saturated rings. The summed E-state index contributed by atoms with van der Waals surface area (Å²) in [7, 11) is 0. The summed E-state index contributed by atoms with van der Waals surface area (Å²) < 4.78 is 6.60. The number of hydrogen-bond acceptors (Lipinski definition) is 7. The third kappa shape index (κ3) is 5.19. The monoisotopic (exact) mass is 431 g/mol. The van der Waals surface area contributed by atoms with E-state index in [1.165, 1.54) is 4.88 Å². The summed E-state index contributed by atoms with van der Waals surface area (Å²) >= 11 is 3.21. The number of unbranched alkanes of at least 4 members (excludes halogenated alkanes) is 1. The van der Waals surface area contributed by atoms with Crippen LogP contribution in [0.5, 0.6) is 0 Å². The van der Waals surface area contributed by atoms with E-state index >= 15 is 0 Å². The molecule has 0 aliphatic heterocycles. The first-order valence-corrected chi connectivity index (χ1v) is 11.2. The van der Waals surface area contributed by atoms with E-state index in [2.05, 4.69) is 10.2 Å². The number of rotatable bonds is 7. The third-order valence-corrected chi connectivity index (χ3v) is 6.53. The van der Waals surface area contributed by atoms with Gasteiger partial charge in [0.25, 0.3) is 0 Å². The van der Waals surface area contributed by atoms with Crippen LogP contribution in [0.3, 0.4) is 0 Å². The number of ether oxygens (including phenoxy) is 1. The molecule has 6 nitrogen and oxygen atoms in total. The molecule has 0 aliphatic carbocycles. The SMILES string of the molecule is Cc1c(CCCC=O)sc2c(N(Cc3cccs3)C(=O)OC(C)(C)C)cnnc12. The standard InChI is InChI=1S/C21H25N3O3S2/c1-14-17(9-5-6-10-25)29-19-16(12-22-23-18(14)19)24(13-15-8-7-11-28-15)20(26)27-21(2,3)4/h7-8,10-12H,5-6,9,13H2,1-4H3. The van der Waals surface area contributed by atoms with Crippen molar-refractivity contribution in [2.75, 3.05) is 4.90 Å². The molecule has 8 heteroatoms. The molecule has 3 aromatic rings. The van der Waals surface area contributed by atoms with Gasteiger partial charge in [0.15, 0.2) is 0 Å². The fourth-order valence-corrected chi connectivity index (χ4v) is 4.94. The Morgan fingerprint density at radius 1 is 1.34 bits per heavy atom. The molecule has 0 N–H and O–H groups in total. The van der Waals surface area contributed by atoms with Gasteiger partial charge in [0.1, 0.15) is 17.4 Å². The predicted molar refractivity (Wildman–Crippen MR) is 118 cm³/mol. The topological polar surface area (TPSA) is 72.4 Å². The van der Waals surface area contributed by atoms with Crippen LogP contribution in [0.2, 0.25) is 0 Å². The van der Waals surface area contributed by atoms with E-state index in [9.17, 15) is 9.59 Å². The molecule has 29 heavy (non-hydrogen) atoms. The van der Waals surface area contributed by atoms with Crippen LogP contribution in [-0.2, 0) is 22.5 Å². The van der Waals surface area contributed by atoms with E-state index in [4.69, 9.17) is 4.74 Å². The Balaban J connectivity index is 2.02. The van der Waals surface area contributed by atoms with E-state index in [-0.39, 0.29) is 0 Å². The number of aldehydes is 1. The lowest BCUT2D eigenvalue weighted by atomic mass is 10.1. The zero-order valence-electron chi connectivity index (χ0n) is 17.1. The van der Waals surface area contributed by atoms with Gasteiger partial charge in [-0.2, -0.15) is 5.10 Å². The first-order chi connectivity index (χ1) is 13.8. The number of amides is 1. The molecule has 0 aromatic carbocycles. The quantitative estimate of drug-likeness (QED) is 0.363. The van der Waals surface area contributed by atoms with Crippen molar-refractivity contribution in [1.82, 2.24) is 10.2 Å². The maximum atomic E-state index is 13.1. The van der Waals surface area contributed by atoms with Crippen LogP contribution >= 0.6 is 22.7 Å². The van der Waals surface area contributed by atoms with E-state index in [1.54, 1.807) is 33.8 Å². The van der Waals surface area contributed by atoms with Crippen LogP contribution in [0, 0.1) is 6.92 Å². The van der Waals surface area contributed by atoms with Gasteiger partial charge in [0, 0.05) is 16.2 Å². The van der Waals surface area contributed by atoms with Crippen LogP contribution < -0.4 is 4.90 Å². The highest BCUT2D eigenvalue weighted by molar-refractivity contribution is 7.19. The van der Waals surface area contributed by atoms with Crippen LogP contribution in [0.4, 0.5) is 10.5 Å². The Morgan fingerprint density at radius 3 is 2.79 bits per heavy atom. The zero-order chi connectivity index (χ0) is 21.0. The molecule has 0 saturated carbocycles. The number of nitrogens with zero attached hydrogens (tertiary/aromatic N) is 3. The maximum absolute atomic E-state index is 13.1. The average Bonchev–Trinajstić information content (AvgIpc) is 3.27. The Morgan fingerprint density at radius 2 is 2.14 bits per heavy atom. The van der Waals surface area contributed by atoms with Gasteiger partial charge < -0.3 is 9.53 Å². The number of carbonyl (C=O) groups excluding carboxylic acids is 2. The minimum atomic E-state index is -0.601. The second-order valence-electron chi connectivity index (χ2n) is 7.76. The van der Waals surface area contributed by atoms with Gasteiger partial charge in [-0.15, -0.1) is 27.8 Å². The second kappa shape index (κ2) is 9.00. The number of anilines is 1. The number of thiophene rings is 2. The Kier molecular flexibility index (Phi) is 6.64. The number of carbonyl (C=O) groups is 2. The summed E-state index contributed by atoms with van der Waals surface area (Å²) in [5, 5.41) is 10.5. The first kappa shape index (κ1) is 21.4. The number of aromatic nitrogens is 2. The van der Waals surface area contributed by atoms with E-state index in [0.29, 0.717) is 18.7 Å². The van der Waals surface area contributed by atoms with E-state index in [1.807, 2.05) is 45.2 Å². The molecule has 3 aromatic heterocycles. The Hall–Kier alpha value is -2.32. The summed E-state index contributed by atoms with van der Waals surface area (Å²) in [6, 6.07) is 3.96. The van der Waals surface area contributed by atoms with E-state index in [0.717, 1.165) is 39.8 Å². The molecule has 154 valence electrons. The fraction of sp³-hybridized carbons (Fsp3) is 0.429. The molecule has 0 radical (unpaired) electrons. The average molecular weight is 432 g/mol. The molecule has 3 heterocycles. The minimum Gasteiger partial charge on any atom is -0.443 e. The van der Waals surface area contributed by atoms with Crippen molar-refractivity contribution in [2.24, 2.45) is 0 Å². The molecule has 0 aliphatic rings. The maximum Gasteiger partial charge on any atom is 0.415 e. The summed E-state index contributed by atoms with van der Waals surface area (Å²) in [6.07, 6.45) is 4.31. The minimum absolute atomic E-state index is 0.408. The highest BCUT2D eigenvalue weighted by atomic mass is 32.1. The lowest BCUT2D eigenvalue weighted by Crippen LogP contribution is -2.36. The van der Waals surface area contributed by atoms with E-state index < -0.39 is 11.7 Å². The largest absolute Gasteiger partial charge is 0.443 e. The highest BCUT2D eigenvalue weighted by Gasteiger charge is 2.27. The number of aryl methyl sites for hydroxylation is 2. The van der Waals surface area contributed by atoms with Crippen LogP contribution in [0.1, 0.15) is 48.9 Å². The molecule has 0 saturated heterocycles. The summed E-state index contributed by atoms with van der Waals surface area (Å²) in [5.41, 5.74) is 1.96. The normalized spacial score (nSPS) is 11.6. The van der Waals surface area contributed by atoms with Crippen molar-refractivity contribution in [3.8, 4) is 0 Å². The van der Waals surface area contributed by atoms with Gasteiger partial charge in [-0.3, -0.25) is 4.90 Å². The smallest absolute Gasteiger partial charge is 0.415 e. The van der Waals surface area contributed by atoms with Gasteiger partial charge in [-0.1, -0.05) is 6.07 Å². The van der Waals surface area contributed by atoms with Crippen molar-refractivity contribution < 1.29 is 14.3 Å². The van der Waals surface area contributed by atoms with Gasteiger partial charge in [-0.25, -0.2) is 4.79 Å². The lowest BCUT2D eigenvalue weighted by molar-refractivity contribution is -0.107. The van der Waals surface area contributed by atoms with Crippen LogP contribution in [0.15, 0.2) is 23.7 Å². The zero-order valence-corrected chi connectivity index (χ0v) is 18.7. The predicted octanol–water partition coefficient (Wildman–Crippen LogP) is 5.52. The fourth-order valence-electron chi connectivity index (χ4n) is 2.94. The highest BCUT2D eigenvalue weighted by Crippen LogP contribution is 2.37. The van der Waals surface area contributed by atoms with Crippen molar-refractivity contribution in [1.29, 1.82) is 0 Å². The Bertz CT molecular complexity index is 991. The second-order valence-corrected chi connectivity index (χ2v) is 9.90.